The number of aliphatic hydroxyl groups excluding tert-OH is 2. The average molecular weight is 1110 g/mol. The van der Waals surface area contributed by atoms with Gasteiger partial charge in [-0.3, -0.25) is 9.59 Å². The Morgan fingerprint density at radius 1 is 0.961 bits per heavy atom. The largest absolute Gasteiger partial charge is 0.458 e. The summed E-state index contributed by atoms with van der Waals surface area (Å²) in [5, 5.41) is 33.1. The van der Waals surface area contributed by atoms with Gasteiger partial charge in [0.25, 0.3) is 0 Å². The van der Waals surface area contributed by atoms with Crippen molar-refractivity contribution in [1.82, 2.24) is 24.9 Å². The molecular formula is C54H87FN6O15S. The van der Waals surface area contributed by atoms with Crippen molar-refractivity contribution in [1.29, 1.82) is 0 Å². The fourth-order valence-electron chi connectivity index (χ4n) is 11.8. The third kappa shape index (κ3) is 14.1. The van der Waals surface area contributed by atoms with Gasteiger partial charge in [0.2, 0.25) is 0 Å². The highest BCUT2D eigenvalue weighted by molar-refractivity contribution is 7.90. The molecule has 5 heterocycles. The third-order valence-corrected chi connectivity index (χ3v) is 18.4. The van der Waals surface area contributed by atoms with E-state index in [1.165, 1.54) is 31.0 Å². The number of aromatic nitrogens is 3. The molecule has 1 aromatic carbocycles. The maximum atomic E-state index is 14.8. The molecule has 2 bridgehead atoms. The Bertz CT molecular complexity index is 2420. The van der Waals surface area contributed by atoms with E-state index in [0.717, 1.165) is 16.8 Å². The molecule has 1 amide bonds. The summed E-state index contributed by atoms with van der Waals surface area (Å²) in [6.07, 6.45) is -4.63. The molecule has 0 saturated carbocycles. The van der Waals surface area contributed by atoms with Gasteiger partial charge < -0.3 is 53.0 Å². The van der Waals surface area contributed by atoms with Gasteiger partial charge in [0.1, 0.15) is 36.4 Å². The highest BCUT2D eigenvalue weighted by Crippen LogP contribution is 2.43. The molecule has 4 fully saturated rings. The molecule has 21 nitrogen and oxygen atoms in total. The molecule has 4 aliphatic heterocycles. The Labute approximate surface area is 454 Å². The number of Topliss-reactive ketones (excluding diaryl/α,β-unsaturated/α-hetero) is 1. The minimum absolute atomic E-state index is 0.0829. The maximum Gasteiger partial charge on any atom is 0.425 e. The first-order valence-corrected chi connectivity index (χ1v) is 29.0. The van der Waals surface area contributed by atoms with Crippen LogP contribution in [0.15, 0.2) is 35.4 Å². The minimum Gasteiger partial charge on any atom is -0.458 e. The first-order valence-electron chi connectivity index (χ1n) is 27.1. The van der Waals surface area contributed by atoms with Crippen LogP contribution in [0.3, 0.4) is 0 Å². The Kier molecular flexibility index (Phi) is 20.6. The summed E-state index contributed by atoms with van der Waals surface area (Å²) in [7, 11) is 1.53. The lowest BCUT2D eigenvalue weighted by Gasteiger charge is -2.50. The first kappa shape index (κ1) is 62.4. The average Bonchev–Trinajstić information content (AvgIpc) is 3.89. The van der Waals surface area contributed by atoms with E-state index in [2.05, 4.69) is 10.3 Å². The predicted molar refractivity (Wildman–Crippen MR) is 279 cm³/mol. The van der Waals surface area contributed by atoms with Crippen LogP contribution in [0, 0.1) is 23.7 Å². The second-order valence-corrected chi connectivity index (χ2v) is 25.1. The fourth-order valence-corrected chi connectivity index (χ4v) is 12.5. The lowest BCUT2D eigenvalue weighted by atomic mass is 9.76. The van der Waals surface area contributed by atoms with Crippen LogP contribution >= 0.6 is 0 Å². The van der Waals surface area contributed by atoms with Gasteiger partial charge in [0.05, 0.1) is 64.2 Å². The van der Waals surface area contributed by atoms with Gasteiger partial charge in [-0.25, -0.2) is 33.1 Å². The summed E-state index contributed by atoms with van der Waals surface area (Å²) in [5.74, 6) is 2.40. The standard InChI is InChI=1S/C54H87FN6O15S/c1-15-42-53(9)26-41(61(56)51(66)76-53)32(4)44(62)30(2)20-22-52(8,69-12)48(33(5)46(34(6)49(65)73-42)74-43-27-54(10,70-13)47(64)35(7)72-43)75-50-45(63)40(24-31(3)71-50)59(11)23-21-37-29-60(58-57-37)38(28-55)25-36-16-18-39(19-17-36)77(14,67)68/h16-19,29-35,38,40-43,45-48,50,63-64H,15,20-28,56H2,1-14H3/t30-,31-,32-,33+,34-,35+,38+,40+,41+,42-,43+,45-,46+,47+,48-,50+,52-,53+,54-/m1/s1. The fraction of sp³-hybridized carbons (Fsp3) is 0.796. The number of ketones is 1. The number of hydrazine groups is 1. The summed E-state index contributed by atoms with van der Waals surface area (Å²) < 4.78 is 91.3. The van der Waals surface area contributed by atoms with E-state index in [1.54, 1.807) is 52.9 Å². The number of sulfone groups is 1. The number of benzene rings is 1. The van der Waals surface area contributed by atoms with Gasteiger partial charge in [-0.2, -0.15) is 0 Å². The van der Waals surface area contributed by atoms with Crippen LogP contribution in [0.2, 0.25) is 0 Å². The van der Waals surface area contributed by atoms with Gasteiger partial charge >= 0.3 is 12.1 Å². The summed E-state index contributed by atoms with van der Waals surface area (Å²) in [4.78, 5) is 44.9. The van der Waals surface area contributed by atoms with Crippen molar-refractivity contribution < 1.29 is 75.3 Å². The van der Waals surface area contributed by atoms with E-state index in [4.69, 9.17) is 43.7 Å². The predicted octanol–water partition coefficient (Wildman–Crippen LogP) is 4.92. The molecule has 436 valence electrons. The normalized spacial score (nSPS) is 38.6. The van der Waals surface area contributed by atoms with Crippen LogP contribution in [0.5, 0.6) is 0 Å². The Balaban J connectivity index is 1.30. The molecule has 4 N–H and O–H groups in total. The van der Waals surface area contributed by atoms with Gasteiger partial charge in [-0.1, -0.05) is 45.0 Å². The van der Waals surface area contributed by atoms with Crippen molar-refractivity contribution in [3.05, 3.63) is 41.7 Å². The Morgan fingerprint density at radius 3 is 2.23 bits per heavy atom. The highest BCUT2D eigenvalue weighted by Gasteiger charge is 2.55. The zero-order valence-corrected chi connectivity index (χ0v) is 48.3. The Morgan fingerprint density at radius 2 is 1.62 bits per heavy atom. The molecule has 0 radical (unpaired) electrons. The van der Waals surface area contributed by atoms with Crippen LogP contribution in [-0.2, 0) is 70.2 Å². The van der Waals surface area contributed by atoms with Crippen LogP contribution in [0.1, 0.15) is 125 Å². The molecule has 23 heteroatoms. The van der Waals surface area contributed by atoms with Crippen LogP contribution in [0.4, 0.5) is 9.18 Å². The number of nitrogens with zero attached hydrogens (tertiary/aromatic N) is 5. The number of aliphatic hydroxyl groups is 2. The Hall–Kier alpha value is -3.75. The van der Waals surface area contributed by atoms with Crippen LogP contribution < -0.4 is 5.84 Å². The minimum atomic E-state index is -3.38. The lowest BCUT2D eigenvalue weighted by Crippen LogP contribution is -2.63. The number of halogens is 1. The topological polar surface area (TPSA) is 263 Å². The number of cyclic esters (lactones) is 1. The highest BCUT2D eigenvalue weighted by atomic mass is 32.2. The lowest BCUT2D eigenvalue weighted by molar-refractivity contribution is -0.319. The van der Waals surface area contributed by atoms with E-state index < -0.39 is 142 Å². The van der Waals surface area contributed by atoms with E-state index in [1.807, 2.05) is 46.6 Å². The maximum absolute atomic E-state index is 14.8. The van der Waals surface area contributed by atoms with Crippen molar-refractivity contribution in [3.63, 3.8) is 0 Å². The summed E-state index contributed by atoms with van der Waals surface area (Å²) in [6.45, 7) is 17.5. The van der Waals surface area contributed by atoms with Crippen molar-refractivity contribution in [2.45, 2.75) is 216 Å². The smallest absolute Gasteiger partial charge is 0.425 e. The van der Waals surface area contributed by atoms with Crippen molar-refractivity contribution in [3.8, 4) is 0 Å². The summed E-state index contributed by atoms with van der Waals surface area (Å²) in [6, 6.07) is 4.38. The van der Waals surface area contributed by atoms with Gasteiger partial charge in [-0.05, 0) is 98.4 Å². The number of hydrogen-bond acceptors (Lipinski definition) is 19. The van der Waals surface area contributed by atoms with Crippen molar-refractivity contribution in [2.24, 2.45) is 29.5 Å². The number of hydrogen-bond donors (Lipinski definition) is 3. The first-order chi connectivity index (χ1) is 36.0. The van der Waals surface area contributed by atoms with Crippen LogP contribution in [-0.4, -0.2) is 186 Å². The monoisotopic (exact) mass is 1110 g/mol. The van der Waals surface area contributed by atoms with Gasteiger partial charge in [-0.15, -0.1) is 5.10 Å². The van der Waals surface area contributed by atoms with E-state index >= 15 is 0 Å². The van der Waals surface area contributed by atoms with Crippen LogP contribution in [0.25, 0.3) is 0 Å². The number of methoxy groups -OCH3 is 2. The van der Waals surface area contributed by atoms with Crippen molar-refractivity contribution in [2.75, 3.05) is 40.7 Å². The SMILES string of the molecule is CC[C@H]1OC(=O)[C@H](C)[C@@H](O[C@H]2C[C@@](C)(OC)[C@@H](O)[C@H](C)O2)[C@H](C)[C@@H](O[C@@H]2O[C@H](C)C[C@H](N(C)CCc3cn([C@H](CF)Cc4ccc(S(C)(=O)=O)cc4)nn3)[C@H]2O)[C@](C)(OC)CC[C@@H](C)C(=O)[C@H](C)[C@@H]2C[C@]1(C)OC(=O)N2N. The number of esters is 1. The molecule has 6 rings (SSSR count). The number of nitrogens with two attached hydrogens (primary N) is 1. The van der Waals surface area contributed by atoms with E-state index in [9.17, 15) is 37.4 Å². The summed E-state index contributed by atoms with van der Waals surface area (Å²) in [5.41, 5.74) is -2.35. The van der Waals surface area contributed by atoms with Gasteiger partial charge in [0.15, 0.2) is 22.4 Å². The second kappa shape index (κ2) is 25.4. The molecule has 0 unspecified atom stereocenters. The second-order valence-electron chi connectivity index (χ2n) is 23.0. The van der Waals surface area contributed by atoms with E-state index in [-0.39, 0.29) is 42.8 Å². The number of likely N-dealkylation sites (N-methyl/N-ethyl adjacent to an activating group) is 1. The molecule has 0 aliphatic carbocycles. The molecule has 1 aromatic heterocycles. The molecule has 0 spiro atoms. The van der Waals surface area contributed by atoms with E-state index in [0.29, 0.717) is 31.5 Å². The molecule has 2 aromatic rings. The molecule has 4 aliphatic rings. The zero-order chi connectivity index (χ0) is 57.1. The number of ether oxygens (including phenoxy) is 8. The molecular weight excluding hydrogens is 1020 g/mol. The number of rotatable bonds is 16. The van der Waals surface area contributed by atoms with Gasteiger partial charge in [0, 0.05) is 76.3 Å². The number of fused-ring (bicyclic) bond motifs is 2. The molecule has 77 heavy (non-hydrogen) atoms. The van der Waals surface area contributed by atoms with Crippen molar-refractivity contribution >= 4 is 27.7 Å². The number of carbonyl (C=O) groups excluding carboxylic acids is 3. The number of amides is 1. The summed E-state index contributed by atoms with van der Waals surface area (Å²) >= 11 is 0. The zero-order valence-electron chi connectivity index (χ0n) is 47.5. The third-order valence-electron chi connectivity index (χ3n) is 17.2. The number of carbonyl (C=O) groups is 3. The molecule has 4 saturated heterocycles. The quantitative estimate of drug-likeness (QED) is 0.114. The molecule has 19 atom stereocenters. The number of alkyl halides is 1.